The van der Waals surface area contributed by atoms with E-state index in [2.05, 4.69) is 24.9 Å². The third-order valence-corrected chi connectivity index (χ3v) is 5.08. The lowest BCUT2D eigenvalue weighted by Gasteiger charge is -2.40. The molecule has 122 valence electrons. The minimum absolute atomic E-state index is 0.220. The molecule has 2 aromatic rings. The number of nitrogens with one attached hydrogen (secondary N) is 1. The zero-order chi connectivity index (χ0) is 17.2. The van der Waals surface area contributed by atoms with Gasteiger partial charge in [-0.05, 0) is 34.9 Å². The van der Waals surface area contributed by atoms with Gasteiger partial charge in [0.1, 0.15) is 0 Å². The topological polar surface area (TPSA) is 53.3 Å². The molecule has 0 spiro atoms. The van der Waals surface area contributed by atoms with Gasteiger partial charge in [-0.1, -0.05) is 68.4 Å². The molecule has 0 saturated heterocycles. The van der Waals surface area contributed by atoms with Gasteiger partial charge in [-0.3, -0.25) is 4.79 Å². The van der Waals surface area contributed by atoms with E-state index in [9.17, 15) is 4.79 Å². The average molecular weight is 318 g/mol. The Morgan fingerprint density at radius 2 is 1.88 bits per heavy atom. The maximum absolute atomic E-state index is 12.8. The van der Waals surface area contributed by atoms with E-state index in [1.165, 1.54) is 0 Å². The molecule has 0 radical (unpaired) electrons. The van der Waals surface area contributed by atoms with E-state index in [-0.39, 0.29) is 11.3 Å². The monoisotopic (exact) mass is 318 g/mol. The van der Waals surface area contributed by atoms with Gasteiger partial charge in [-0.25, -0.2) is 4.99 Å². The van der Waals surface area contributed by atoms with Crippen LogP contribution in [0.3, 0.4) is 0 Å². The van der Waals surface area contributed by atoms with Crippen LogP contribution in [-0.2, 0) is 11.2 Å². The number of rotatable bonds is 3. The number of aliphatic imine (C=N–C) groups is 1. The molecule has 0 bridgehead atoms. The van der Waals surface area contributed by atoms with Gasteiger partial charge in [0.05, 0.1) is 11.6 Å². The maximum Gasteiger partial charge on any atom is 0.255 e. The molecule has 0 aromatic heterocycles. The quantitative estimate of drug-likeness (QED) is 0.843. The molecule has 0 saturated carbocycles. The van der Waals surface area contributed by atoms with Crippen molar-refractivity contribution in [2.24, 2.45) is 16.3 Å². The second-order valence-electron chi connectivity index (χ2n) is 6.70. The SMILES string of the molecule is CCC1(C)Cc2ccccc2C(=N)C1C(=O)N=Cc1ccccc1. The van der Waals surface area contributed by atoms with Crippen LogP contribution in [0, 0.1) is 16.7 Å². The molecular formula is C21H22N2O. The van der Waals surface area contributed by atoms with Crippen LogP contribution in [0.15, 0.2) is 59.6 Å². The van der Waals surface area contributed by atoms with Gasteiger partial charge in [0.15, 0.2) is 0 Å². The first-order valence-electron chi connectivity index (χ1n) is 8.35. The van der Waals surface area contributed by atoms with Crippen LogP contribution in [0.25, 0.3) is 0 Å². The van der Waals surface area contributed by atoms with Gasteiger partial charge >= 0.3 is 0 Å². The van der Waals surface area contributed by atoms with Crippen molar-refractivity contribution in [2.45, 2.75) is 26.7 Å². The lowest BCUT2D eigenvalue weighted by molar-refractivity contribution is -0.122. The summed E-state index contributed by atoms with van der Waals surface area (Å²) in [5, 5.41) is 8.61. The largest absolute Gasteiger partial charge is 0.304 e. The lowest BCUT2D eigenvalue weighted by Crippen LogP contribution is -2.44. The molecule has 1 aliphatic carbocycles. The number of carbonyl (C=O) groups excluding carboxylic acids is 1. The van der Waals surface area contributed by atoms with Gasteiger partial charge in [-0.2, -0.15) is 0 Å². The predicted molar refractivity (Wildman–Crippen MR) is 97.9 cm³/mol. The van der Waals surface area contributed by atoms with Gasteiger partial charge in [0.2, 0.25) is 0 Å². The Kier molecular flexibility index (Phi) is 4.43. The number of nitrogens with zero attached hydrogens (tertiary/aromatic N) is 1. The number of carbonyl (C=O) groups is 1. The highest BCUT2D eigenvalue weighted by atomic mass is 16.1. The second-order valence-corrected chi connectivity index (χ2v) is 6.70. The van der Waals surface area contributed by atoms with Crippen molar-refractivity contribution in [3.05, 3.63) is 71.3 Å². The Balaban J connectivity index is 1.94. The predicted octanol–water partition coefficient (Wildman–Crippen LogP) is 4.29. The summed E-state index contributed by atoms with van der Waals surface area (Å²) in [5.41, 5.74) is 3.07. The molecule has 1 aliphatic rings. The number of hydrogen-bond donors (Lipinski definition) is 1. The average Bonchev–Trinajstić information content (AvgIpc) is 2.61. The summed E-state index contributed by atoms with van der Waals surface area (Å²) in [4.78, 5) is 17.0. The van der Waals surface area contributed by atoms with Crippen LogP contribution in [0.4, 0.5) is 0 Å². The molecule has 3 nitrogen and oxygen atoms in total. The van der Waals surface area contributed by atoms with Crippen molar-refractivity contribution >= 4 is 17.8 Å². The van der Waals surface area contributed by atoms with Crippen LogP contribution in [0.5, 0.6) is 0 Å². The molecule has 1 amide bonds. The Hall–Kier alpha value is -2.55. The fourth-order valence-corrected chi connectivity index (χ4v) is 3.48. The van der Waals surface area contributed by atoms with E-state index in [1.54, 1.807) is 6.21 Å². The summed E-state index contributed by atoms with van der Waals surface area (Å²) >= 11 is 0. The first-order valence-corrected chi connectivity index (χ1v) is 8.35. The van der Waals surface area contributed by atoms with E-state index in [0.29, 0.717) is 5.71 Å². The molecule has 0 heterocycles. The maximum atomic E-state index is 12.8. The normalized spacial score (nSPS) is 23.2. The van der Waals surface area contributed by atoms with Gasteiger partial charge in [0.25, 0.3) is 5.91 Å². The van der Waals surface area contributed by atoms with Crippen LogP contribution in [-0.4, -0.2) is 17.8 Å². The summed E-state index contributed by atoms with van der Waals surface area (Å²) in [6, 6.07) is 17.5. The highest BCUT2D eigenvalue weighted by Crippen LogP contribution is 2.42. The zero-order valence-electron chi connectivity index (χ0n) is 14.1. The molecule has 0 aliphatic heterocycles. The minimum Gasteiger partial charge on any atom is -0.304 e. The van der Waals surface area contributed by atoms with E-state index in [0.717, 1.165) is 29.5 Å². The molecule has 2 aromatic carbocycles. The molecule has 3 heteroatoms. The number of benzene rings is 2. The van der Waals surface area contributed by atoms with Gasteiger partial charge < -0.3 is 5.41 Å². The summed E-state index contributed by atoms with van der Waals surface area (Å²) < 4.78 is 0. The first-order chi connectivity index (χ1) is 11.5. The Labute approximate surface area is 143 Å². The van der Waals surface area contributed by atoms with Crippen molar-refractivity contribution in [1.82, 2.24) is 0 Å². The highest BCUT2D eigenvalue weighted by Gasteiger charge is 2.44. The minimum atomic E-state index is -0.489. The molecular weight excluding hydrogens is 296 g/mol. The van der Waals surface area contributed by atoms with Crippen LogP contribution < -0.4 is 0 Å². The van der Waals surface area contributed by atoms with E-state index < -0.39 is 5.92 Å². The van der Waals surface area contributed by atoms with Crippen molar-refractivity contribution in [3.63, 3.8) is 0 Å². The molecule has 2 atom stereocenters. The van der Waals surface area contributed by atoms with Crippen LogP contribution in [0.1, 0.15) is 37.0 Å². The van der Waals surface area contributed by atoms with Crippen molar-refractivity contribution < 1.29 is 4.79 Å². The Bertz CT molecular complexity index is 794. The van der Waals surface area contributed by atoms with Crippen molar-refractivity contribution in [1.29, 1.82) is 5.41 Å². The molecule has 0 fully saturated rings. The summed E-state index contributed by atoms with van der Waals surface area (Å²) in [5.74, 6) is -0.708. The van der Waals surface area contributed by atoms with Crippen molar-refractivity contribution in [2.75, 3.05) is 0 Å². The lowest BCUT2D eigenvalue weighted by atomic mass is 9.63. The van der Waals surface area contributed by atoms with E-state index in [4.69, 9.17) is 5.41 Å². The Morgan fingerprint density at radius 3 is 2.58 bits per heavy atom. The molecule has 2 unspecified atom stereocenters. The summed E-state index contributed by atoms with van der Waals surface area (Å²) in [7, 11) is 0. The molecule has 3 rings (SSSR count). The Morgan fingerprint density at radius 1 is 1.21 bits per heavy atom. The van der Waals surface area contributed by atoms with Gasteiger partial charge in [-0.15, -0.1) is 0 Å². The third-order valence-electron chi connectivity index (χ3n) is 5.08. The molecule has 24 heavy (non-hydrogen) atoms. The zero-order valence-corrected chi connectivity index (χ0v) is 14.1. The number of hydrogen-bond acceptors (Lipinski definition) is 2. The fourth-order valence-electron chi connectivity index (χ4n) is 3.48. The smallest absolute Gasteiger partial charge is 0.255 e. The highest BCUT2D eigenvalue weighted by molar-refractivity contribution is 6.15. The van der Waals surface area contributed by atoms with Crippen LogP contribution >= 0.6 is 0 Å². The van der Waals surface area contributed by atoms with E-state index >= 15 is 0 Å². The number of fused-ring (bicyclic) bond motifs is 1. The first kappa shape index (κ1) is 16.3. The van der Waals surface area contributed by atoms with Crippen LogP contribution in [0.2, 0.25) is 0 Å². The third kappa shape index (κ3) is 2.94. The fraction of sp³-hybridized carbons (Fsp3) is 0.286. The summed E-state index contributed by atoms with van der Waals surface area (Å²) in [6.45, 7) is 4.18. The van der Waals surface area contributed by atoms with Crippen molar-refractivity contribution in [3.8, 4) is 0 Å². The molecule has 1 N–H and O–H groups in total. The van der Waals surface area contributed by atoms with E-state index in [1.807, 2.05) is 48.5 Å². The second kappa shape index (κ2) is 6.52. The summed E-state index contributed by atoms with van der Waals surface area (Å²) in [6.07, 6.45) is 3.24. The van der Waals surface area contributed by atoms with Gasteiger partial charge in [0, 0.05) is 6.21 Å². The standard InChI is InChI=1S/C21H22N2O/c1-3-21(2)13-16-11-7-8-12-17(16)19(22)18(21)20(24)23-14-15-9-5-4-6-10-15/h4-12,14,18,22H,3,13H2,1-2H3. The number of amides is 1.